The number of carbonyl (C=O) groups excluding carboxylic acids is 1. The van der Waals surface area contributed by atoms with Crippen LogP contribution in [0.25, 0.3) is 10.9 Å². The van der Waals surface area contributed by atoms with Gasteiger partial charge in [0.25, 0.3) is 0 Å². The van der Waals surface area contributed by atoms with Crippen LogP contribution in [0.2, 0.25) is 0 Å². The van der Waals surface area contributed by atoms with Crippen LogP contribution in [0.5, 0.6) is 0 Å². The minimum absolute atomic E-state index is 0.0520. The molecule has 1 atom stereocenters. The second-order valence-electron chi connectivity index (χ2n) is 5.77. The maximum Gasteiger partial charge on any atom is 0.228 e. The third kappa shape index (κ3) is 3.96. The van der Waals surface area contributed by atoms with E-state index < -0.39 is 0 Å². The fourth-order valence-corrected chi connectivity index (χ4v) is 3.38. The highest BCUT2D eigenvalue weighted by Gasteiger charge is 2.13. The highest BCUT2D eigenvalue weighted by molar-refractivity contribution is 7.99. The van der Waals surface area contributed by atoms with Crippen molar-refractivity contribution < 1.29 is 4.79 Å². The first kappa shape index (κ1) is 15.7. The fourth-order valence-electron chi connectivity index (χ4n) is 2.43. The van der Waals surface area contributed by atoms with Gasteiger partial charge in [-0.3, -0.25) is 4.79 Å². The molecule has 0 aliphatic heterocycles. The molecule has 1 heterocycles. The number of aryl methyl sites for hydroxylation is 1. The molecule has 3 rings (SSSR count). The van der Waals surface area contributed by atoms with Gasteiger partial charge >= 0.3 is 0 Å². The van der Waals surface area contributed by atoms with Crippen LogP contribution in [0.1, 0.15) is 12.6 Å². The van der Waals surface area contributed by atoms with Crippen LogP contribution >= 0.6 is 11.8 Å². The summed E-state index contributed by atoms with van der Waals surface area (Å²) < 4.78 is 0. The molecule has 2 aromatic carbocycles. The zero-order valence-electron chi connectivity index (χ0n) is 13.3. The zero-order chi connectivity index (χ0) is 16.2. The van der Waals surface area contributed by atoms with E-state index in [2.05, 4.69) is 28.5 Å². The summed E-state index contributed by atoms with van der Waals surface area (Å²) >= 11 is 1.71. The highest BCUT2D eigenvalue weighted by Crippen LogP contribution is 2.23. The fraction of sp³-hybridized carbons (Fsp3) is 0.211. The number of anilines is 1. The van der Waals surface area contributed by atoms with Crippen LogP contribution in [0.4, 0.5) is 5.69 Å². The van der Waals surface area contributed by atoms with Gasteiger partial charge in [0.05, 0.1) is 0 Å². The van der Waals surface area contributed by atoms with Gasteiger partial charge in [-0.1, -0.05) is 25.1 Å². The molecule has 1 unspecified atom stereocenters. The van der Waals surface area contributed by atoms with Gasteiger partial charge in [-0.15, -0.1) is 11.8 Å². The van der Waals surface area contributed by atoms with Gasteiger partial charge in [0.2, 0.25) is 5.91 Å². The molecular weight excluding hydrogens is 304 g/mol. The van der Waals surface area contributed by atoms with E-state index in [1.807, 2.05) is 50.2 Å². The summed E-state index contributed by atoms with van der Waals surface area (Å²) in [5.74, 6) is 0.769. The van der Waals surface area contributed by atoms with Crippen LogP contribution in [0, 0.1) is 12.8 Å². The first-order chi connectivity index (χ1) is 11.1. The molecule has 0 spiro atoms. The Kier molecular flexibility index (Phi) is 4.72. The van der Waals surface area contributed by atoms with E-state index in [1.165, 1.54) is 4.90 Å². The lowest BCUT2D eigenvalue weighted by Gasteiger charge is -2.12. The van der Waals surface area contributed by atoms with Crippen LogP contribution < -0.4 is 5.32 Å². The van der Waals surface area contributed by atoms with Crippen molar-refractivity contribution in [3.05, 3.63) is 60.3 Å². The Morgan fingerprint density at radius 2 is 1.96 bits per heavy atom. The summed E-state index contributed by atoms with van der Waals surface area (Å²) in [5.41, 5.74) is 3.06. The minimum Gasteiger partial charge on any atom is -0.359 e. The van der Waals surface area contributed by atoms with Gasteiger partial charge in [0, 0.05) is 38.9 Å². The number of aromatic nitrogens is 1. The third-order valence-corrected chi connectivity index (χ3v) is 4.99. The van der Waals surface area contributed by atoms with Crippen molar-refractivity contribution in [2.45, 2.75) is 18.7 Å². The molecule has 0 aliphatic carbocycles. The Hall–Kier alpha value is -2.20. The summed E-state index contributed by atoms with van der Waals surface area (Å²) in [6, 6.07) is 18.2. The summed E-state index contributed by atoms with van der Waals surface area (Å²) in [7, 11) is 0. The van der Waals surface area contributed by atoms with Gasteiger partial charge in [-0.2, -0.15) is 0 Å². The van der Waals surface area contributed by atoms with E-state index in [-0.39, 0.29) is 11.8 Å². The van der Waals surface area contributed by atoms with E-state index in [4.69, 9.17) is 0 Å². The Morgan fingerprint density at radius 3 is 2.74 bits per heavy atom. The molecule has 118 valence electrons. The number of hydrogen-bond donors (Lipinski definition) is 2. The number of aromatic amines is 1. The number of H-pyrrole nitrogens is 1. The number of carbonyl (C=O) groups is 1. The van der Waals surface area contributed by atoms with E-state index in [0.29, 0.717) is 0 Å². The van der Waals surface area contributed by atoms with Crippen molar-refractivity contribution in [1.29, 1.82) is 0 Å². The van der Waals surface area contributed by atoms with E-state index in [0.717, 1.165) is 28.0 Å². The molecule has 2 N–H and O–H groups in total. The molecule has 0 radical (unpaired) electrons. The molecule has 3 aromatic rings. The van der Waals surface area contributed by atoms with Crippen LogP contribution in [0.15, 0.2) is 59.5 Å². The Bertz CT molecular complexity index is 811. The number of hydrogen-bond acceptors (Lipinski definition) is 2. The van der Waals surface area contributed by atoms with Crippen LogP contribution in [-0.4, -0.2) is 16.6 Å². The van der Waals surface area contributed by atoms with E-state index in [9.17, 15) is 4.79 Å². The lowest BCUT2D eigenvalue weighted by Crippen LogP contribution is -2.22. The van der Waals surface area contributed by atoms with Crippen molar-refractivity contribution in [2.75, 3.05) is 11.1 Å². The standard InChI is InChI=1S/C19H20N2OS/c1-13(12-23-17-6-4-3-5-7-17)19(22)21-16-8-9-18-15(11-16)10-14(2)20-18/h3-11,13,20H,12H2,1-2H3,(H,21,22). The Labute approximate surface area is 140 Å². The molecule has 23 heavy (non-hydrogen) atoms. The van der Waals surface area contributed by atoms with Crippen LogP contribution in [-0.2, 0) is 4.79 Å². The molecule has 3 nitrogen and oxygen atoms in total. The molecule has 0 aliphatic rings. The topological polar surface area (TPSA) is 44.9 Å². The molecular formula is C19H20N2OS. The monoisotopic (exact) mass is 324 g/mol. The molecule has 1 aromatic heterocycles. The molecule has 1 amide bonds. The Morgan fingerprint density at radius 1 is 1.17 bits per heavy atom. The number of benzene rings is 2. The molecule has 0 bridgehead atoms. The Balaban J connectivity index is 1.60. The number of nitrogens with one attached hydrogen (secondary N) is 2. The average Bonchev–Trinajstić information content (AvgIpc) is 2.92. The van der Waals surface area contributed by atoms with Gasteiger partial charge in [-0.05, 0) is 43.3 Å². The van der Waals surface area contributed by atoms with Crippen molar-refractivity contribution in [2.24, 2.45) is 5.92 Å². The summed E-state index contributed by atoms with van der Waals surface area (Å²) in [6.07, 6.45) is 0. The summed E-state index contributed by atoms with van der Waals surface area (Å²) in [5, 5.41) is 4.13. The van der Waals surface area contributed by atoms with Crippen molar-refractivity contribution >= 4 is 34.3 Å². The normalized spacial score (nSPS) is 12.3. The zero-order valence-corrected chi connectivity index (χ0v) is 14.1. The SMILES string of the molecule is Cc1cc2cc(NC(=O)C(C)CSc3ccccc3)ccc2[nH]1. The maximum absolute atomic E-state index is 12.3. The van der Waals surface area contributed by atoms with Gasteiger partial charge in [-0.25, -0.2) is 0 Å². The number of thioether (sulfide) groups is 1. The second-order valence-corrected chi connectivity index (χ2v) is 6.86. The largest absolute Gasteiger partial charge is 0.359 e. The first-order valence-corrected chi connectivity index (χ1v) is 8.68. The van der Waals surface area contributed by atoms with E-state index in [1.54, 1.807) is 11.8 Å². The number of rotatable bonds is 5. The summed E-state index contributed by atoms with van der Waals surface area (Å²) in [4.78, 5) is 16.8. The molecule has 0 saturated heterocycles. The van der Waals surface area contributed by atoms with Gasteiger partial charge in [0.15, 0.2) is 0 Å². The number of amides is 1. The molecule has 4 heteroatoms. The summed E-state index contributed by atoms with van der Waals surface area (Å²) in [6.45, 7) is 3.99. The lowest BCUT2D eigenvalue weighted by molar-refractivity contribution is -0.118. The first-order valence-electron chi connectivity index (χ1n) is 7.70. The van der Waals surface area contributed by atoms with Crippen LogP contribution in [0.3, 0.4) is 0 Å². The maximum atomic E-state index is 12.3. The predicted octanol–water partition coefficient (Wildman–Crippen LogP) is 4.84. The number of fused-ring (bicyclic) bond motifs is 1. The average molecular weight is 324 g/mol. The van der Waals surface area contributed by atoms with E-state index >= 15 is 0 Å². The molecule has 0 fully saturated rings. The second kappa shape index (κ2) is 6.92. The molecule has 0 saturated carbocycles. The van der Waals surface area contributed by atoms with Gasteiger partial charge in [0.1, 0.15) is 0 Å². The van der Waals surface area contributed by atoms with Crippen molar-refractivity contribution in [3.8, 4) is 0 Å². The quantitative estimate of drug-likeness (QED) is 0.659. The highest BCUT2D eigenvalue weighted by atomic mass is 32.2. The van der Waals surface area contributed by atoms with Crippen molar-refractivity contribution in [1.82, 2.24) is 4.98 Å². The smallest absolute Gasteiger partial charge is 0.228 e. The lowest BCUT2D eigenvalue weighted by atomic mass is 10.2. The third-order valence-electron chi connectivity index (χ3n) is 3.71. The van der Waals surface area contributed by atoms with Gasteiger partial charge < -0.3 is 10.3 Å². The minimum atomic E-state index is -0.0520. The van der Waals surface area contributed by atoms with Crippen molar-refractivity contribution in [3.63, 3.8) is 0 Å². The predicted molar refractivity (Wildman–Crippen MR) is 98.0 cm³/mol.